The molecule has 11 aromatic rings. The predicted octanol–water partition coefficient (Wildman–Crippen LogP) is 11.8. The largest absolute Gasteiger partial charge is 0.456 e. The molecular formula is C45H26N4O2. The fraction of sp³-hybridized carbons (Fsp3) is 0. The van der Waals surface area contributed by atoms with Crippen molar-refractivity contribution in [3.8, 4) is 39.9 Å². The van der Waals surface area contributed by atoms with Crippen LogP contribution in [0.3, 0.4) is 0 Å². The van der Waals surface area contributed by atoms with Gasteiger partial charge in [-0.25, -0.2) is 15.0 Å². The second-order valence-corrected chi connectivity index (χ2v) is 12.8. The lowest BCUT2D eigenvalue weighted by Crippen LogP contribution is -2.00. The Balaban J connectivity index is 1.06. The lowest BCUT2D eigenvalue weighted by molar-refractivity contribution is 0.668. The van der Waals surface area contributed by atoms with Gasteiger partial charge in [-0.15, -0.1) is 0 Å². The minimum atomic E-state index is 0.578. The molecule has 0 aliphatic rings. The van der Waals surface area contributed by atoms with Gasteiger partial charge in [-0.05, 0) is 60.7 Å². The number of benzene rings is 7. The van der Waals surface area contributed by atoms with Gasteiger partial charge in [-0.2, -0.15) is 0 Å². The maximum absolute atomic E-state index is 6.48. The van der Waals surface area contributed by atoms with Gasteiger partial charge in [0.1, 0.15) is 22.3 Å². The first-order chi connectivity index (χ1) is 25.2. The van der Waals surface area contributed by atoms with Crippen molar-refractivity contribution in [2.24, 2.45) is 0 Å². The van der Waals surface area contributed by atoms with Crippen molar-refractivity contribution < 1.29 is 8.83 Å². The fourth-order valence-corrected chi connectivity index (χ4v) is 7.46. The third-order valence-corrected chi connectivity index (χ3v) is 9.86. The normalized spacial score (nSPS) is 11.9. The van der Waals surface area contributed by atoms with Crippen LogP contribution in [0.2, 0.25) is 0 Å². The Morgan fingerprint density at radius 2 is 0.843 bits per heavy atom. The van der Waals surface area contributed by atoms with Crippen LogP contribution in [0.25, 0.3) is 106 Å². The first-order valence-electron chi connectivity index (χ1n) is 16.9. The summed E-state index contributed by atoms with van der Waals surface area (Å²) in [4.78, 5) is 15.0. The van der Waals surface area contributed by atoms with Crippen molar-refractivity contribution in [1.82, 2.24) is 19.5 Å². The van der Waals surface area contributed by atoms with Gasteiger partial charge < -0.3 is 13.4 Å². The fourth-order valence-electron chi connectivity index (χ4n) is 7.46. The third-order valence-electron chi connectivity index (χ3n) is 9.86. The lowest BCUT2D eigenvalue weighted by Gasteiger charge is -2.09. The van der Waals surface area contributed by atoms with Gasteiger partial charge in [0.15, 0.2) is 17.5 Å². The standard InChI is InChI=1S/C45H26N4O2/c1-2-10-27(11-3-1)43-46-44(48-45(47-43)29-18-21-34-33-14-6-9-17-39(33)50-41(34)25-29)28-19-23-40-36(24-28)35-22-20-30(26-42(35)51-40)49-37-15-7-4-12-31(37)32-13-5-8-16-38(32)49/h1-26H. The quantitative estimate of drug-likeness (QED) is 0.189. The van der Waals surface area contributed by atoms with Crippen molar-refractivity contribution in [3.05, 3.63) is 158 Å². The van der Waals surface area contributed by atoms with E-state index in [9.17, 15) is 0 Å². The molecule has 0 N–H and O–H groups in total. The van der Waals surface area contributed by atoms with Crippen molar-refractivity contribution in [2.45, 2.75) is 0 Å². The zero-order chi connectivity index (χ0) is 33.5. The highest BCUT2D eigenvalue weighted by Crippen LogP contribution is 2.37. The van der Waals surface area contributed by atoms with E-state index in [0.717, 1.165) is 77.3 Å². The van der Waals surface area contributed by atoms with Crippen LogP contribution in [0.5, 0.6) is 0 Å². The van der Waals surface area contributed by atoms with Crippen LogP contribution in [-0.2, 0) is 0 Å². The zero-order valence-electron chi connectivity index (χ0n) is 27.1. The average molecular weight is 655 g/mol. The van der Waals surface area contributed by atoms with Crippen molar-refractivity contribution in [3.63, 3.8) is 0 Å². The van der Waals surface area contributed by atoms with E-state index in [1.807, 2.05) is 66.7 Å². The molecule has 4 aromatic heterocycles. The van der Waals surface area contributed by atoms with Crippen LogP contribution < -0.4 is 0 Å². The molecule has 4 heterocycles. The van der Waals surface area contributed by atoms with Gasteiger partial charge in [0.25, 0.3) is 0 Å². The Kier molecular flexibility index (Phi) is 5.86. The maximum atomic E-state index is 6.48. The summed E-state index contributed by atoms with van der Waals surface area (Å²) in [6.07, 6.45) is 0. The molecule has 0 aliphatic heterocycles. The second-order valence-electron chi connectivity index (χ2n) is 12.8. The van der Waals surface area contributed by atoms with Gasteiger partial charge >= 0.3 is 0 Å². The Morgan fingerprint density at radius 1 is 0.333 bits per heavy atom. The maximum Gasteiger partial charge on any atom is 0.164 e. The summed E-state index contributed by atoms with van der Waals surface area (Å²) in [5.41, 5.74) is 9.30. The molecule has 0 fully saturated rings. The number of para-hydroxylation sites is 3. The molecule has 7 aromatic carbocycles. The average Bonchev–Trinajstić information content (AvgIpc) is 3.86. The number of hydrogen-bond acceptors (Lipinski definition) is 5. The number of hydrogen-bond donors (Lipinski definition) is 0. The van der Waals surface area contributed by atoms with Gasteiger partial charge in [0.05, 0.1) is 11.0 Å². The van der Waals surface area contributed by atoms with E-state index in [0.29, 0.717) is 17.5 Å². The highest BCUT2D eigenvalue weighted by atomic mass is 16.3. The zero-order valence-corrected chi connectivity index (χ0v) is 27.1. The number of furan rings is 2. The number of nitrogens with zero attached hydrogens (tertiary/aromatic N) is 4. The molecule has 0 spiro atoms. The van der Waals surface area contributed by atoms with Crippen molar-refractivity contribution >= 4 is 65.7 Å². The van der Waals surface area contributed by atoms with Crippen molar-refractivity contribution in [1.29, 1.82) is 0 Å². The minimum Gasteiger partial charge on any atom is -0.456 e. The summed E-state index contributed by atoms with van der Waals surface area (Å²) in [5, 5.41) is 6.64. The van der Waals surface area contributed by atoms with Crippen LogP contribution in [0.4, 0.5) is 0 Å². The van der Waals surface area contributed by atoms with E-state index in [4.69, 9.17) is 23.8 Å². The van der Waals surface area contributed by atoms with Crippen LogP contribution in [0, 0.1) is 0 Å². The summed E-state index contributed by atoms with van der Waals surface area (Å²) >= 11 is 0. The van der Waals surface area contributed by atoms with Gasteiger partial charge in [-0.1, -0.05) is 91.0 Å². The van der Waals surface area contributed by atoms with Crippen LogP contribution in [0.15, 0.2) is 167 Å². The highest BCUT2D eigenvalue weighted by molar-refractivity contribution is 6.11. The molecule has 0 unspecified atom stereocenters. The van der Waals surface area contributed by atoms with E-state index < -0.39 is 0 Å². The minimum absolute atomic E-state index is 0.578. The lowest BCUT2D eigenvalue weighted by atomic mass is 10.1. The van der Waals surface area contributed by atoms with E-state index in [2.05, 4.69) is 95.6 Å². The molecule has 0 atom stereocenters. The smallest absolute Gasteiger partial charge is 0.164 e. The second kappa shape index (κ2) is 10.7. The molecule has 6 nitrogen and oxygen atoms in total. The molecule has 11 rings (SSSR count). The Hall–Kier alpha value is -7.05. The SMILES string of the molecule is c1ccc(-c2nc(-c3ccc4c(c3)oc3ccccc34)nc(-c3ccc4oc5cc(-n6c7ccccc7c7ccccc76)ccc5c4c3)n2)cc1. The number of aromatic nitrogens is 4. The predicted molar refractivity (Wildman–Crippen MR) is 205 cm³/mol. The molecular weight excluding hydrogens is 629 g/mol. The van der Waals surface area contributed by atoms with E-state index >= 15 is 0 Å². The van der Waals surface area contributed by atoms with Crippen LogP contribution >= 0.6 is 0 Å². The van der Waals surface area contributed by atoms with Crippen molar-refractivity contribution in [2.75, 3.05) is 0 Å². The Labute approximate surface area is 290 Å². The summed E-state index contributed by atoms with van der Waals surface area (Å²) in [6.45, 7) is 0. The molecule has 0 saturated heterocycles. The van der Waals surface area contributed by atoms with E-state index in [1.54, 1.807) is 0 Å². The van der Waals surface area contributed by atoms with Crippen LogP contribution in [0.1, 0.15) is 0 Å². The molecule has 0 saturated carbocycles. The topological polar surface area (TPSA) is 69.9 Å². The van der Waals surface area contributed by atoms with Gasteiger partial charge in [-0.3, -0.25) is 0 Å². The Bertz CT molecular complexity index is 3100. The third kappa shape index (κ3) is 4.33. The highest BCUT2D eigenvalue weighted by Gasteiger charge is 2.18. The van der Waals surface area contributed by atoms with Gasteiger partial charge in [0.2, 0.25) is 0 Å². The van der Waals surface area contributed by atoms with E-state index in [-0.39, 0.29) is 0 Å². The summed E-state index contributed by atoms with van der Waals surface area (Å²) in [6, 6.07) is 54.0. The molecule has 0 bridgehead atoms. The first kappa shape index (κ1) is 27.9. The first-order valence-corrected chi connectivity index (χ1v) is 16.9. The summed E-state index contributed by atoms with van der Waals surface area (Å²) < 4.78 is 15.0. The number of rotatable bonds is 4. The van der Waals surface area contributed by atoms with Crippen LogP contribution in [-0.4, -0.2) is 19.5 Å². The molecule has 6 heteroatoms. The van der Waals surface area contributed by atoms with E-state index in [1.165, 1.54) is 10.8 Å². The van der Waals surface area contributed by atoms with Gasteiger partial charge in [0, 0.05) is 60.8 Å². The summed E-state index contributed by atoms with van der Waals surface area (Å²) in [5.74, 6) is 1.77. The monoisotopic (exact) mass is 654 g/mol. The Morgan fingerprint density at radius 3 is 1.59 bits per heavy atom. The summed E-state index contributed by atoms with van der Waals surface area (Å²) in [7, 11) is 0. The molecule has 0 amide bonds. The molecule has 0 radical (unpaired) electrons. The molecule has 0 aliphatic carbocycles. The molecule has 51 heavy (non-hydrogen) atoms. The molecule has 238 valence electrons. The number of fused-ring (bicyclic) bond motifs is 9.